The zero-order valence-corrected chi connectivity index (χ0v) is 11.9. The SMILES string of the molecule is O=C1NCc2cc(-n3cc(Br)c4cncnc43)ccc21. The molecule has 0 bridgehead atoms. The highest BCUT2D eigenvalue weighted by atomic mass is 79.9. The van der Waals surface area contributed by atoms with Gasteiger partial charge in [0, 0.05) is 34.7 Å². The molecule has 1 aliphatic rings. The minimum Gasteiger partial charge on any atom is -0.348 e. The van der Waals surface area contributed by atoms with Gasteiger partial charge in [-0.2, -0.15) is 0 Å². The summed E-state index contributed by atoms with van der Waals surface area (Å²) in [6.07, 6.45) is 5.27. The van der Waals surface area contributed by atoms with E-state index >= 15 is 0 Å². The van der Waals surface area contributed by atoms with Crippen LogP contribution in [-0.4, -0.2) is 20.4 Å². The van der Waals surface area contributed by atoms with Crippen molar-refractivity contribution in [1.82, 2.24) is 19.9 Å². The Morgan fingerprint density at radius 1 is 1.35 bits per heavy atom. The number of rotatable bonds is 1. The first kappa shape index (κ1) is 11.6. The van der Waals surface area contributed by atoms with E-state index in [-0.39, 0.29) is 5.91 Å². The summed E-state index contributed by atoms with van der Waals surface area (Å²) in [6.45, 7) is 0.581. The van der Waals surface area contributed by atoms with E-state index in [4.69, 9.17) is 0 Å². The zero-order valence-electron chi connectivity index (χ0n) is 10.3. The Morgan fingerprint density at radius 2 is 2.25 bits per heavy atom. The zero-order chi connectivity index (χ0) is 13.7. The smallest absolute Gasteiger partial charge is 0.251 e. The molecule has 0 saturated carbocycles. The van der Waals surface area contributed by atoms with Crippen molar-refractivity contribution in [3.63, 3.8) is 0 Å². The molecule has 1 N–H and O–H groups in total. The topological polar surface area (TPSA) is 59.8 Å². The Bertz CT molecular complexity index is 856. The first-order valence-corrected chi connectivity index (χ1v) is 6.91. The van der Waals surface area contributed by atoms with E-state index in [2.05, 4.69) is 31.2 Å². The van der Waals surface area contributed by atoms with Gasteiger partial charge in [-0.3, -0.25) is 4.79 Å². The molecule has 1 aliphatic heterocycles. The third kappa shape index (κ3) is 1.58. The van der Waals surface area contributed by atoms with Crippen molar-refractivity contribution in [2.45, 2.75) is 6.54 Å². The number of aromatic nitrogens is 3. The minimum atomic E-state index is -0.00702. The van der Waals surface area contributed by atoms with Gasteiger partial charge in [-0.1, -0.05) is 0 Å². The van der Waals surface area contributed by atoms with Gasteiger partial charge >= 0.3 is 0 Å². The first-order valence-electron chi connectivity index (χ1n) is 6.12. The number of nitrogens with one attached hydrogen (secondary N) is 1. The summed E-state index contributed by atoms with van der Waals surface area (Å²) in [5, 5.41) is 3.78. The van der Waals surface area contributed by atoms with E-state index in [0.29, 0.717) is 6.54 Å². The summed E-state index contributed by atoms with van der Waals surface area (Å²) in [7, 11) is 0. The average molecular weight is 329 g/mol. The fourth-order valence-electron chi connectivity index (χ4n) is 2.49. The van der Waals surface area contributed by atoms with Gasteiger partial charge in [0.05, 0.1) is 5.39 Å². The predicted molar refractivity (Wildman–Crippen MR) is 77.7 cm³/mol. The number of carbonyl (C=O) groups excluding carboxylic acids is 1. The van der Waals surface area contributed by atoms with Crippen LogP contribution in [0.25, 0.3) is 16.7 Å². The van der Waals surface area contributed by atoms with Gasteiger partial charge in [0.1, 0.15) is 12.0 Å². The maximum atomic E-state index is 11.6. The van der Waals surface area contributed by atoms with Crippen LogP contribution in [-0.2, 0) is 6.54 Å². The Labute approximate surface area is 122 Å². The normalized spacial score (nSPS) is 13.6. The third-order valence-corrected chi connectivity index (χ3v) is 4.10. The van der Waals surface area contributed by atoms with E-state index < -0.39 is 0 Å². The quantitative estimate of drug-likeness (QED) is 0.746. The molecule has 0 radical (unpaired) electrons. The molecule has 2 aromatic heterocycles. The molecule has 0 saturated heterocycles. The monoisotopic (exact) mass is 328 g/mol. The highest BCUT2D eigenvalue weighted by molar-refractivity contribution is 9.10. The van der Waals surface area contributed by atoms with Crippen LogP contribution in [0.1, 0.15) is 15.9 Å². The number of hydrogen-bond acceptors (Lipinski definition) is 3. The van der Waals surface area contributed by atoms with Crippen LogP contribution in [0.3, 0.4) is 0 Å². The largest absolute Gasteiger partial charge is 0.348 e. The second-order valence-corrected chi connectivity index (χ2v) is 5.49. The molecule has 0 aliphatic carbocycles. The number of halogens is 1. The molecule has 3 aromatic rings. The van der Waals surface area contributed by atoms with Crippen molar-refractivity contribution in [1.29, 1.82) is 0 Å². The van der Waals surface area contributed by atoms with E-state index in [0.717, 1.165) is 32.3 Å². The lowest BCUT2D eigenvalue weighted by atomic mass is 10.1. The van der Waals surface area contributed by atoms with Crippen molar-refractivity contribution in [3.05, 3.63) is 52.5 Å². The van der Waals surface area contributed by atoms with Gasteiger partial charge < -0.3 is 9.88 Å². The molecular weight excluding hydrogens is 320 g/mol. The van der Waals surface area contributed by atoms with E-state index in [1.165, 1.54) is 6.33 Å². The van der Waals surface area contributed by atoms with Crippen LogP contribution in [0.4, 0.5) is 0 Å². The van der Waals surface area contributed by atoms with E-state index in [1.807, 2.05) is 29.0 Å². The minimum absolute atomic E-state index is 0.00702. The fraction of sp³-hybridized carbons (Fsp3) is 0.0714. The van der Waals surface area contributed by atoms with Crippen LogP contribution in [0.15, 0.2) is 41.4 Å². The molecule has 20 heavy (non-hydrogen) atoms. The second kappa shape index (κ2) is 4.14. The number of nitrogens with zero attached hydrogens (tertiary/aromatic N) is 3. The molecular formula is C14H9BrN4O. The van der Waals surface area contributed by atoms with Gasteiger partial charge in [-0.15, -0.1) is 0 Å². The van der Waals surface area contributed by atoms with Gasteiger partial charge in [0.25, 0.3) is 5.91 Å². The third-order valence-electron chi connectivity index (χ3n) is 3.47. The maximum absolute atomic E-state index is 11.6. The van der Waals surface area contributed by atoms with E-state index in [9.17, 15) is 4.79 Å². The summed E-state index contributed by atoms with van der Waals surface area (Å²) in [4.78, 5) is 19.9. The van der Waals surface area contributed by atoms with Gasteiger partial charge in [0.2, 0.25) is 0 Å². The molecule has 3 heterocycles. The summed E-state index contributed by atoms with van der Waals surface area (Å²) in [6, 6.07) is 5.80. The molecule has 98 valence electrons. The van der Waals surface area contributed by atoms with Gasteiger partial charge in [-0.05, 0) is 39.7 Å². The summed E-state index contributed by atoms with van der Waals surface area (Å²) >= 11 is 3.52. The molecule has 4 rings (SSSR count). The van der Waals surface area contributed by atoms with Crippen molar-refractivity contribution in [2.24, 2.45) is 0 Å². The standard InChI is InChI=1S/C14H9BrN4O/c15-12-6-19(13-11(12)5-16-7-18-13)9-1-2-10-8(3-9)4-17-14(10)20/h1-3,5-7H,4H2,(H,17,20). The Kier molecular flexibility index (Phi) is 2.40. The number of benzene rings is 1. The average Bonchev–Trinajstić information content (AvgIpc) is 3.01. The molecule has 1 amide bonds. The van der Waals surface area contributed by atoms with Gasteiger partial charge in [0.15, 0.2) is 0 Å². The van der Waals surface area contributed by atoms with Crippen molar-refractivity contribution in [3.8, 4) is 5.69 Å². The summed E-state index contributed by atoms with van der Waals surface area (Å²) < 4.78 is 2.94. The van der Waals surface area contributed by atoms with Crippen molar-refractivity contribution >= 4 is 32.9 Å². The van der Waals surface area contributed by atoms with Crippen LogP contribution in [0, 0.1) is 0 Å². The van der Waals surface area contributed by atoms with Crippen LogP contribution < -0.4 is 5.32 Å². The second-order valence-electron chi connectivity index (χ2n) is 4.63. The number of amides is 1. The van der Waals surface area contributed by atoms with E-state index in [1.54, 1.807) is 6.20 Å². The lowest BCUT2D eigenvalue weighted by Crippen LogP contribution is -2.12. The number of carbonyl (C=O) groups is 1. The Balaban J connectivity index is 1.94. The first-order chi connectivity index (χ1) is 9.74. The molecule has 5 nitrogen and oxygen atoms in total. The molecule has 6 heteroatoms. The lowest BCUT2D eigenvalue weighted by Gasteiger charge is -2.06. The van der Waals surface area contributed by atoms with Crippen LogP contribution >= 0.6 is 15.9 Å². The fourth-order valence-corrected chi connectivity index (χ4v) is 2.98. The lowest BCUT2D eigenvalue weighted by molar-refractivity contribution is 0.0966. The molecule has 0 unspecified atom stereocenters. The summed E-state index contributed by atoms with van der Waals surface area (Å²) in [5.74, 6) is -0.00702. The van der Waals surface area contributed by atoms with Crippen LogP contribution in [0.5, 0.6) is 0 Å². The van der Waals surface area contributed by atoms with Crippen LogP contribution in [0.2, 0.25) is 0 Å². The predicted octanol–water partition coefficient (Wildman–Crippen LogP) is 2.43. The molecule has 1 aromatic carbocycles. The molecule has 0 spiro atoms. The highest BCUT2D eigenvalue weighted by Crippen LogP contribution is 2.28. The van der Waals surface area contributed by atoms with Gasteiger partial charge in [-0.25, -0.2) is 9.97 Å². The maximum Gasteiger partial charge on any atom is 0.251 e. The molecule has 0 fully saturated rings. The Hall–Kier alpha value is -2.21. The molecule has 0 atom stereocenters. The Morgan fingerprint density at radius 3 is 3.15 bits per heavy atom. The number of fused-ring (bicyclic) bond motifs is 2. The van der Waals surface area contributed by atoms with Crippen molar-refractivity contribution in [2.75, 3.05) is 0 Å². The number of hydrogen-bond donors (Lipinski definition) is 1. The summed E-state index contributed by atoms with van der Waals surface area (Å²) in [5.41, 5.74) is 3.58. The van der Waals surface area contributed by atoms with Crippen molar-refractivity contribution < 1.29 is 4.79 Å². The highest BCUT2D eigenvalue weighted by Gasteiger charge is 2.19.